The minimum absolute atomic E-state index is 0. The Morgan fingerprint density at radius 2 is 2.21 bits per heavy atom. The summed E-state index contributed by atoms with van der Waals surface area (Å²) in [4.78, 5) is 12.2. The van der Waals surface area contributed by atoms with Gasteiger partial charge in [-0.15, -0.1) is 12.4 Å². The fourth-order valence-electron chi connectivity index (χ4n) is 2.53. The van der Waals surface area contributed by atoms with Crippen molar-refractivity contribution in [2.45, 2.75) is 31.8 Å². The second-order valence-electron chi connectivity index (χ2n) is 4.97. The average molecular weight is 305 g/mol. The van der Waals surface area contributed by atoms with Gasteiger partial charge in [0.1, 0.15) is 0 Å². The number of halogens is 1. The Labute approximate surface area is 123 Å². The van der Waals surface area contributed by atoms with Crippen LogP contribution in [0.5, 0.6) is 0 Å². The maximum Gasteiger partial charge on any atom is 0.227 e. The molecule has 0 radical (unpaired) electrons. The van der Waals surface area contributed by atoms with Crippen molar-refractivity contribution in [3.05, 3.63) is 22.4 Å². The van der Waals surface area contributed by atoms with Crippen molar-refractivity contribution in [1.29, 1.82) is 0 Å². The Balaban J connectivity index is 0.00000180. The van der Waals surface area contributed by atoms with E-state index in [0.29, 0.717) is 6.54 Å². The van der Waals surface area contributed by atoms with Crippen LogP contribution in [0.15, 0.2) is 16.8 Å². The molecule has 1 unspecified atom stereocenters. The maximum atomic E-state index is 12.2. The number of nitrogens with one attached hydrogen (secondary N) is 1. The first-order valence-corrected chi connectivity index (χ1v) is 7.31. The molecule has 1 atom stereocenters. The normalized spacial score (nSPS) is 18.6. The standard InChI is InChI=1S/C13H20N2O2S.ClH/c14-9-13(4-1-2-5-13)12(17)15-7-11(16)10-3-6-18-8-10;/h3,6,8,11,16H,1-2,4-5,7,9,14H2,(H,15,17);1H. The van der Waals surface area contributed by atoms with E-state index in [-0.39, 0.29) is 24.9 Å². The van der Waals surface area contributed by atoms with Crippen LogP contribution in [0.2, 0.25) is 0 Å². The number of aliphatic hydroxyl groups excluding tert-OH is 1. The van der Waals surface area contributed by atoms with Crippen LogP contribution < -0.4 is 11.1 Å². The number of amides is 1. The van der Waals surface area contributed by atoms with E-state index >= 15 is 0 Å². The van der Waals surface area contributed by atoms with E-state index in [9.17, 15) is 9.90 Å². The van der Waals surface area contributed by atoms with E-state index < -0.39 is 11.5 Å². The summed E-state index contributed by atoms with van der Waals surface area (Å²) >= 11 is 1.54. The van der Waals surface area contributed by atoms with Crippen molar-refractivity contribution >= 4 is 29.7 Å². The van der Waals surface area contributed by atoms with Crippen molar-refractivity contribution in [3.63, 3.8) is 0 Å². The van der Waals surface area contributed by atoms with Crippen LogP contribution in [-0.2, 0) is 4.79 Å². The largest absolute Gasteiger partial charge is 0.387 e. The molecular weight excluding hydrogens is 284 g/mol. The summed E-state index contributed by atoms with van der Waals surface area (Å²) in [6, 6.07) is 1.87. The summed E-state index contributed by atoms with van der Waals surface area (Å²) in [7, 11) is 0. The molecule has 0 aromatic carbocycles. The molecule has 1 aliphatic carbocycles. The maximum absolute atomic E-state index is 12.2. The van der Waals surface area contributed by atoms with Gasteiger partial charge in [0.25, 0.3) is 0 Å². The van der Waals surface area contributed by atoms with Crippen molar-refractivity contribution in [1.82, 2.24) is 5.32 Å². The van der Waals surface area contributed by atoms with E-state index in [1.54, 1.807) is 0 Å². The zero-order valence-corrected chi connectivity index (χ0v) is 12.4. The lowest BCUT2D eigenvalue weighted by atomic mass is 9.85. The molecule has 0 bridgehead atoms. The molecule has 1 heterocycles. The number of nitrogens with two attached hydrogens (primary N) is 1. The van der Waals surface area contributed by atoms with Gasteiger partial charge < -0.3 is 16.2 Å². The first-order valence-electron chi connectivity index (χ1n) is 6.36. The Bertz CT molecular complexity index is 391. The SMILES string of the molecule is Cl.NCC1(C(=O)NCC(O)c2ccsc2)CCCC1. The van der Waals surface area contributed by atoms with Crippen molar-refractivity contribution in [3.8, 4) is 0 Å². The first kappa shape index (κ1) is 16.4. The Hall–Kier alpha value is -0.620. The van der Waals surface area contributed by atoms with E-state index in [4.69, 9.17) is 5.73 Å². The second-order valence-corrected chi connectivity index (χ2v) is 5.75. The van der Waals surface area contributed by atoms with Gasteiger partial charge in [-0.05, 0) is 35.2 Å². The van der Waals surface area contributed by atoms with Gasteiger partial charge in [0, 0.05) is 13.1 Å². The predicted molar refractivity (Wildman–Crippen MR) is 79.5 cm³/mol. The van der Waals surface area contributed by atoms with Crippen LogP contribution >= 0.6 is 23.7 Å². The average Bonchev–Trinajstić information content (AvgIpc) is 3.06. The highest BCUT2D eigenvalue weighted by Gasteiger charge is 2.39. The molecule has 0 aliphatic heterocycles. The highest BCUT2D eigenvalue weighted by atomic mass is 35.5. The highest BCUT2D eigenvalue weighted by Crippen LogP contribution is 2.37. The van der Waals surface area contributed by atoms with Crippen molar-refractivity contribution in [2.24, 2.45) is 11.1 Å². The quantitative estimate of drug-likeness (QED) is 0.777. The molecule has 4 nitrogen and oxygen atoms in total. The summed E-state index contributed by atoms with van der Waals surface area (Å²) in [5.74, 6) is -0.00298. The lowest BCUT2D eigenvalue weighted by molar-refractivity contribution is -0.130. The summed E-state index contributed by atoms with van der Waals surface area (Å²) in [5.41, 5.74) is 6.21. The molecule has 0 saturated heterocycles. The third kappa shape index (κ3) is 3.69. The molecule has 0 spiro atoms. The lowest BCUT2D eigenvalue weighted by Crippen LogP contribution is -2.45. The fourth-order valence-corrected chi connectivity index (χ4v) is 3.24. The van der Waals surface area contributed by atoms with E-state index in [1.807, 2.05) is 16.8 Å². The van der Waals surface area contributed by atoms with E-state index in [1.165, 1.54) is 11.3 Å². The molecule has 2 rings (SSSR count). The van der Waals surface area contributed by atoms with Gasteiger partial charge in [0.2, 0.25) is 5.91 Å². The molecule has 19 heavy (non-hydrogen) atoms. The molecule has 1 amide bonds. The Morgan fingerprint density at radius 1 is 1.53 bits per heavy atom. The monoisotopic (exact) mass is 304 g/mol. The number of hydrogen-bond acceptors (Lipinski definition) is 4. The number of hydrogen-bond donors (Lipinski definition) is 3. The summed E-state index contributed by atoms with van der Waals surface area (Å²) in [6.07, 6.45) is 3.24. The number of carbonyl (C=O) groups excluding carboxylic acids is 1. The summed E-state index contributed by atoms with van der Waals surface area (Å²) < 4.78 is 0. The fraction of sp³-hybridized carbons (Fsp3) is 0.615. The van der Waals surface area contributed by atoms with Crippen LogP contribution in [0.4, 0.5) is 0 Å². The molecular formula is C13H21ClN2O2S. The molecule has 1 aromatic rings. The van der Waals surface area contributed by atoms with Crippen molar-refractivity contribution in [2.75, 3.05) is 13.1 Å². The molecule has 1 aromatic heterocycles. The zero-order chi connectivity index (χ0) is 13.0. The Morgan fingerprint density at radius 3 is 2.74 bits per heavy atom. The van der Waals surface area contributed by atoms with Gasteiger partial charge in [-0.1, -0.05) is 12.8 Å². The third-order valence-electron chi connectivity index (χ3n) is 3.82. The number of carbonyl (C=O) groups is 1. The molecule has 108 valence electrons. The van der Waals surface area contributed by atoms with Gasteiger partial charge in [-0.25, -0.2) is 0 Å². The molecule has 1 fully saturated rings. The van der Waals surface area contributed by atoms with Gasteiger partial charge in [0.05, 0.1) is 11.5 Å². The summed E-state index contributed by atoms with van der Waals surface area (Å²) in [5, 5.41) is 16.6. The molecule has 1 aliphatic rings. The van der Waals surface area contributed by atoms with Gasteiger partial charge in [0.15, 0.2) is 0 Å². The predicted octanol–water partition coefficient (Wildman–Crippen LogP) is 1.84. The van der Waals surface area contributed by atoms with Crippen LogP contribution in [-0.4, -0.2) is 24.1 Å². The Kier molecular flexibility index (Phi) is 6.26. The lowest BCUT2D eigenvalue weighted by Gasteiger charge is -2.26. The van der Waals surface area contributed by atoms with Crippen LogP contribution in [0.3, 0.4) is 0 Å². The highest BCUT2D eigenvalue weighted by molar-refractivity contribution is 7.07. The van der Waals surface area contributed by atoms with Gasteiger partial charge >= 0.3 is 0 Å². The van der Waals surface area contributed by atoms with Gasteiger partial charge in [-0.3, -0.25) is 4.79 Å². The smallest absolute Gasteiger partial charge is 0.227 e. The first-order chi connectivity index (χ1) is 8.68. The topological polar surface area (TPSA) is 75.4 Å². The van der Waals surface area contributed by atoms with Crippen LogP contribution in [0.1, 0.15) is 37.4 Å². The minimum Gasteiger partial charge on any atom is -0.387 e. The number of aliphatic hydroxyl groups is 1. The van der Waals surface area contributed by atoms with Crippen molar-refractivity contribution < 1.29 is 9.90 Å². The molecule has 1 saturated carbocycles. The third-order valence-corrected chi connectivity index (χ3v) is 4.52. The summed E-state index contributed by atoms with van der Waals surface area (Å²) in [6.45, 7) is 0.657. The minimum atomic E-state index is -0.628. The number of thiophene rings is 1. The number of rotatable bonds is 5. The van der Waals surface area contributed by atoms with Crippen LogP contribution in [0, 0.1) is 5.41 Å². The second kappa shape index (κ2) is 7.24. The molecule has 4 N–H and O–H groups in total. The zero-order valence-electron chi connectivity index (χ0n) is 10.8. The molecule has 6 heteroatoms. The van der Waals surface area contributed by atoms with Gasteiger partial charge in [-0.2, -0.15) is 11.3 Å². The van der Waals surface area contributed by atoms with E-state index in [0.717, 1.165) is 31.2 Å². The van der Waals surface area contributed by atoms with Crippen LogP contribution in [0.25, 0.3) is 0 Å². The van der Waals surface area contributed by atoms with E-state index in [2.05, 4.69) is 5.32 Å².